The average Bonchev–Trinajstić information content (AvgIpc) is 1.81. The van der Waals surface area contributed by atoms with E-state index < -0.39 is 18.4 Å². The van der Waals surface area contributed by atoms with Crippen LogP contribution in [0.5, 0.6) is 0 Å². The Balaban J connectivity index is 3.71. The Hall–Kier alpha value is -0.810. The van der Waals surface area contributed by atoms with Gasteiger partial charge in [0.05, 0.1) is 6.04 Å². The Bertz CT molecular complexity index is 115. The fourth-order valence-electron chi connectivity index (χ4n) is 0.570. The van der Waals surface area contributed by atoms with Gasteiger partial charge in [0.15, 0.2) is 6.29 Å². The van der Waals surface area contributed by atoms with Crippen LogP contribution < -0.4 is 11.1 Å². The number of amides is 2. The zero-order valence-electron chi connectivity index (χ0n) is 5.74. The van der Waals surface area contributed by atoms with Crippen molar-refractivity contribution in [3.8, 4) is 0 Å². The molecule has 0 aromatic carbocycles. The van der Waals surface area contributed by atoms with E-state index in [0.29, 0.717) is 6.42 Å². The molecule has 60 valence electrons. The molecule has 0 heterocycles. The highest BCUT2D eigenvalue weighted by Gasteiger charge is 2.14. The number of nitrogens with one attached hydrogen (secondary N) is 1. The number of nitrogens with two attached hydrogens (primary N) is 1. The van der Waals surface area contributed by atoms with E-state index in [2.05, 4.69) is 5.32 Å². The molecule has 0 aromatic rings. The number of aliphatic hydroxyl groups excluding tert-OH is 1. The first-order chi connectivity index (χ1) is 4.57. The molecule has 0 saturated carbocycles. The molecule has 0 rings (SSSR count). The van der Waals surface area contributed by atoms with Crippen molar-refractivity contribution >= 4 is 6.03 Å². The van der Waals surface area contributed by atoms with Gasteiger partial charge in [-0.25, -0.2) is 4.79 Å². The largest absolute Gasteiger partial charge is 0.366 e. The molecule has 5 nitrogen and oxygen atoms in total. The van der Waals surface area contributed by atoms with Crippen molar-refractivity contribution in [2.45, 2.75) is 25.7 Å². The van der Waals surface area contributed by atoms with Crippen molar-refractivity contribution in [1.29, 1.82) is 0 Å². The van der Waals surface area contributed by atoms with Crippen LogP contribution >= 0.6 is 0 Å². The van der Waals surface area contributed by atoms with Crippen molar-refractivity contribution in [3.63, 3.8) is 0 Å². The maximum atomic E-state index is 10.2. The van der Waals surface area contributed by atoms with Gasteiger partial charge in [0.2, 0.25) is 0 Å². The van der Waals surface area contributed by atoms with Gasteiger partial charge < -0.3 is 21.3 Å². The van der Waals surface area contributed by atoms with Crippen LogP contribution in [0.3, 0.4) is 0 Å². The molecule has 0 bridgehead atoms. The van der Waals surface area contributed by atoms with Crippen LogP contribution in [0, 0.1) is 0 Å². The van der Waals surface area contributed by atoms with Gasteiger partial charge in [-0.3, -0.25) is 0 Å². The quantitative estimate of drug-likeness (QED) is 0.376. The molecule has 0 spiro atoms. The zero-order valence-corrected chi connectivity index (χ0v) is 5.74. The molecule has 5 N–H and O–H groups in total. The third-order valence-corrected chi connectivity index (χ3v) is 1.13. The monoisotopic (exact) mass is 148 g/mol. The van der Waals surface area contributed by atoms with E-state index in [9.17, 15) is 4.79 Å². The molecule has 0 fully saturated rings. The lowest BCUT2D eigenvalue weighted by atomic mass is 10.2. The number of carbonyl (C=O) groups excluding carboxylic acids is 1. The molecule has 1 atom stereocenters. The minimum atomic E-state index is -1.54. The van der Waals surface area contributed by atoms with Gasteiger partial charge in [-0.2, -0.15) is 0 Å². The maximum absolute atomic E-state index is 10.2. The minimum Gasteiger partial charge on any atom is -0.366 e. The van der Waals surface area contributed by atoms with E-state index in [4.69, 9.17) is 15.9 Å². The Labute approximate surface area is 58.8 Å². The van der Waals surface area contributed by atoms with Gasteiger partial charge in [0.25, 0.3) is 0 Å². The molecule has 2 amide bonds. The van der Waals surface area contributed by atoms with E-state index in [0.717, 1.165) is 0 Å². The molecule has 0 aliphatic carbocycles. The number of rotatable bonds is 3. The standard InChI is InChI=1S/C5H12N2O3/c1-2-3(4(8)9)7-5(6)10/h3-4,8-9H,2H2,1H3,(H3,6,7,10). The molecule has 5 heteroatoms. The normalized spacial score (nSPS) is 13.2. The number of hydrogen-bond donors (Lipinski definition) is 4. The smallest absolute Gasteiger partial charge is 0.312 e. The van der Waals surface area contributed by atoms with Crippen LogP contribution in [-0.2, 0) is 0 Å². The van der Waals surface area contributed by atoms with E-state index >= 15 is 0 Å². The molecule has 0 aliphatic heterocycles. The van der Waals surface area contributed by atoms with Gasteiger partial charge in [0, 0.05) is 0 Å². The highest BCUT2D eigenvalue weighted by atomic mass is 16.5. The average molecular weight is 148 g/mol. The summed E-state index contributed by atoms with van der Waals surface area (Å²) in [5.74, 6) is 0. The Morgan fingerprint density at radius 3 is 2.30 bits per heavy atom. The molecule has 0 radical (unpaired) electrons. The predicted octanol–water partition coefficient (Wildman–Crippen LogP) is -1.26. The lowest BCUT2D eigenvalue weighted by Crippen LogP contribution is -2.45. The van der Waals surface area contributed by atoms with Crippen LogP contribution in [0.4, 0.5) is 4.79 Å². The van der Waals surface area contributed by atoms with Gasteiger partial charge in [-0.15, -0.1) is 0 Å². The van der Waals surface area contributed by atoms with E-state index in [-0.39, 0.29) is 0 Å². The second kappa shape index (κ2) is 4.08. The van der Waals surface area contributed by atoms with Crippen molar-refractivity contribution in [1.82, 2.24) is 5.32 Å². The molecule has 0 saturated heterocycles. The molecule has 0 aromatic heterocycles. The second-order valence-electron chi connectivity index (χ2n) is 1.94. The Morgan fingerprint density at radius 2 is 2.20 bits per heavy atom. The van der Waals surface area contributed by atoms with Crippen LogP contribution in [-0.4, -0.2) is 28.6 Å². The SMILES string of the molecule is CCC(NC(N)=O)C(O)O. The molecule has 0 aliphatic rings. The summed E-state index contributed by atoms with van der Waals surface area (Å²) in [6.07, 6.45) is -1.11. The van der Waals surface area contributed by atoms with Crippen LogP contribution in [0.25, 0.3) is 0 Å². The van der Waals surface area contributed by atoms with Gasteiger partial charge >= 0.3 is 6.03 Å². The summed E-state index contributed by atoms with van der Waals surface area (Å²) in [4.78, 5) is 10.2. The number of urea groups is 1. The molecular weight excluding hydrogens is 136 g/mol. The third kappa shape index (κ3) is 3.26. The first-order valence-electron chi connectivity index (χ1n) is 3.00. The van der Waals surface area contributed by atoms with Crippen LogP contribution in [0.2, 0.25) is 0 Å². The number of aliphatic hydroxyl groups is 2. The topological polar surface area (TPSA) is 95.6 Å². The van der Waals surface area contributed by atoms with Crippen molar-refractivity contribution < 1.29 is 15.0 Å². The summed E-state index contributed by atoms with van der Waals surface area (Å²) in [5, 5.41) is 19.3. The third-order valence-electron chi connectivity index (χ3n) is 1.13. The maximum Gasteiger partial charge on any atom is 0.312 e. The Morgan fingerprint density at radius 1 is 1.70 bits per heavy atom. The highest BCUT2D eigenvalue weighted by Crippen LogP contribution is 1.93. The first-order valence-corrected chi connectivity index (χ1v) is 3.00. The van der Waals surface area contributed by atoms with Gasteiger partial charge in [-0.1, -0.05) is 6.92 Å². The number of carbonyl (C=O) groups is 1. The summed E-state index contributed by atoms with van der Waals surface area (Å²) in [7, 11) is 0. The van der Waals surface area contributed by atoms with Crippen molar-refractivity contribution in [2.24, 2.45) is 5.73 Å². The minimum absolute atomic E-state index is 0.431. The lowest BCUT2D eigenvalue weighted by Gasteiger charge is -2.16. The second-order valence-corrected chi connectivity index (χ2v) is 1.94. The van der Waals surface area contributed by atoms with Crippen molar-refractivity contribution in [2.75, 3.05) is 0 Å². The summed E-state index contributed by atoms with van der Waals surface area (Å²) < 4.78 is 0. The number of primary amides is 1. The summed E-state index contributed by atoms with van der Waals surface area (Å²) in [5.41, 5.74) is 4.73. The van der Waals surface area contributed by atoms with Crippen LogP contribution in [0.15, 0.2) is 0 Å². The Kier molecular flexibility index (Phi) is 3.75. The zero-order chi connectivity index (χ0) is 8.15. The van der Waals surface area contributed by atoms with Gasteiger partial charge in [0.1, 0.15) is 0 Å². The fraction of sp³-hybridized carbons (Fsp3) is 0.800. The predicted molar refractivity (Wildman–Crippen MR) is 35.0 cm³/mol. The van der Waals surface area contributed by atoms with Crippen molar-refractivity contribution in [3.05, 3.63) is 0 Å². The van der Waals surface area contributed by atoms with E-state index in [1.54, 1.807) is 6.92 Å². The molecule has 10 heavy (non-hydrogen) atoms. The lowest BCUT2D eigenvalue weighted by molar-refractivity contribution is -0.0645. The van der Waals surface area contributed by atoms with E-state index in [1.165, 1.54) is 0 Å². The number of hydrogen-bond acceptors (Lipinski definition) is 3. The molecule has 1 unspecified atom stereocenters. The molecular formula is C5H12N2O3. The summed E-state index contributed by atoms with van der Waals surface area (Å²) >= 11 is 0. The van der Waals surface area contributed by atoms with Gasteiger partial charge in [-0.05, 0) is 6.42 Å². The summed E-state index contributed by atoms with van der Waals surface area (Å²) in [6.45, 7) is 1.71. The fourth-order valence-corrected chi connectivity index (χ4v) is 0.570. The van der Waals surface area contributed by atoms with Crippen LogP contribution in [0.1, 0.15) is 13.3 Å². The highest BCUT2D eigenvalue weighted by molar-refractivity contribution is 5.71. The first kappa shape index (κ1) is 9.19. The van der Waals surface area contributed by atoms with E-state index in [1.807, 2.05) is 0 Å². The summed E-state index contributed by atoms with van der Waals surface area (Å²) in [6, 6.07) is -1.42.